The van der Waals surface area contributed by atoms with E-state index in [1.807, 2.05) is 40.2 Å². The number of piperidine rings is 1. The van der Waals surface area contributed by atoms with E-state index in [-0.39, 0.29) is 6.09 Å². The first-order valence-electron chi connectivity index (χ1n) is 12.0. The molecule has 1 aliphatic rings. The van der Waals surface area contributed by atoms with Gasteiger partial charge >= 0.3 is 6.09 Å². The van der Waals surface area contributed by atoms with Crippen molar-refractivity contribution >= 4 is 34.9 Å². The lowest BCUT2D eigenvalue weighted by atomic mass is 9.91. The van der Waals surface area contributed by atoms with Crippen molar-refractivity contribution in [2.75, 3.05) is 26.0 Å². The van der Waals surface area contributed by atoms with Crippen molar-refractivity contribution in [3.63, 3.8) is 0 Å². The van der Waals surface area contributed by atoms with Crippen LogP contribution < -0.4 is 0 Å². The molecule has 0 radical (unpaired) electrons. The number of rotatable bonds is 7. The lowest BCUT2D eigenvalue weighted by Gasteiger charge is -2.31. The predicted molar refractivity (Wildman–Crippen MR) is 139 cm³/mol. The molecule has 10 heteroatoms. The van der Waals surface area contributed by atoms with Crippen LogP contribution in [-0.2, 0) is 21.1 Å². The Morgan fingerprint density at radius 3 is 2.43 bits per heavy atom. The summed E-state index contributed by atoms with van der Waals surface area (Å²) in [4.78, 5) is 23.6. The van der Waals surface area contributed by atoms with Crippen LogP contribution in [0.2, 0.25) is 25.7 Å². The molecule has 3 heterocycles. The lowest BCUT2D eigenvalue weighted by molar-refractivity contribution is 0.0968. The van der Waals surface area contributed by atoms with E-state index in [1.54, 1.807) is 12.1 Å². The van der Waals surface area contributed by atoms with Gasteiger partial charge in [0.2, 0.25) is 0 Å². The summed E-state index contributed by atoms with van der Waals surface area (Å²) in [5.74, 6) is 1.03. The maximum atomic E-state index is 12.3. The Kier molecular flexibility index (Phi) is 7.32. The Morgan fingerprint density at radius 1 is 1.11 bits per heavy atom. The number of fused-ring (bicyclic) bond motifs is 1. The van der Waals surface area contributed by atoms with E-state index in [4.69, 9.17) is 4.74 Å². The highest BCUT2D eigenvalue weighted by Crippen LogP contribution is 2.28. The number of hydrogen-bond donors (Lipinski definition) is 0. The second-order valence-electron chi connectivity index (χ2n) is 10.6. The third kappa shape index (κ3) is 6.49. The number of benzene rings is 1. The average molecular weight is 515 g/mol. The van der Waals surface area contributed by atoms with Gasteiger partial charge in [0.25, 0.3) is 0 Å². The third-order valence-electron chi connectivity index (χ3n) is 6.51. The molecule has 4 rings (SSSR count). The quantitative estimate of drug-likeness (QED) is 0.430. The van der Waals surface area contributed by atoms with E-state index in [1.165, 1.54) is 6.26 Å². The molecule has 1 amide bonds. The number of aromatic nitrogens is 3. The minimum Gasteiger partial charge on any atom is -0.450 e. The van der Waals surface area contributed by atoms with Gasteiger partial charge in [-0.3, -0.25) is 0 Å². The molecule has 188 valence electrons. The highest BCUT2D eigenvalue weighted by atomic mass is 32.2. The molecule has 0 saturated carbocycles. The molecule has 2 aromatic heterocycles. The van der Waals surface area contributed by atoms with Crippen molar-refractivity contribution in [2.24, 2.45) is 0 Å². The molecule has 0 spiro atoms. The SMILES string of the molecule is C[Si](C)(C)CCOC(=O)N1CCC(c2cnc(Cn3ccc4cc(S(C)(=O)=O)ccc43)nc2)CC1. The minimum atomic E-state index is -3.24. The van der Waals surface area contributed by atoms with Gasteiger partial charge in [-0.1, -0.05) is 19.6 Å². The van der Waals surface area contributed by atoms with Crippen LogP contribution in [0.3, 0.4) is 0 Å². The molecule has 1 fully saturated rings. The summed E-state index contributed by atoms with van der Waals surface area (Å²) < 4.78 is 31.1. The zero-order valence-corrected chi connectivity index (χ0v) is 22.7. The third-order valence-corrected chi connectivity index (χ3v) is 9.32. The van der Waals surface area contributed by atoms with Crippen molar-refractivity contribution in [2.45, 2.75) is 55.9 Å². The van der Waals surface area contributed by atoms with E-state index in [2.05, 4.69) is 29.6 Å². The zero-order chi connectivity index (χ0) is 25.2. The molecule has 8 nitrogen and oxygen atoms in total. The molecule has 0 aliphatic carbocycles. The van der Waals surface area contributed by atoms with Gasteiger partial charge < -0.3 is 14.2 Å². The minimum absolute atomic E-state index is 0.198. The van der Waals surface area contributed by atoms with Gasteiger partial charge in [0.15, 0.2) is 9.84 Å². The maximum absolute atomic E-state index is 12.3. The Balaban J connectivity index is 1.32. The van der Waals surface area contributed by atoms with Crippen LogP contribution in [0.1, 0.15) is 30.1 Å². The molecular formula is C25H34N4O4SSi. The normalized spacial score (nSPS) is 15.5. The van der Waals surface area contributed by atoms with Gasteiger partial charge in [0.05, 0.1) is 18.0 Å². The average Bonchev–Trinajstić information content (AvgIpc) is 3.20. The number of amides is 1. The first-order chi connectivity index (χ1) is 16.5. The van der Waals surface area contributed by atoms with Crippen molar-refractivity contribution < 1.29 is 17.9 Å². The molecule has 1 saturated heterocycles. The second kappa shape index (κ2) is 10.1. The summed E-state index contributed by atoms with van der Waals surface area (Å²) in [5.41, 5.74) is 2.03. The number of hydrogen-bond acceptors (Lipinski definition) is 6. The lowest BCUT2D eigenvalue weighted by Crippen LogP contribution is -2.39. The van der Waals surface area contributed by atoms with Gasteiger partial charge in [-0.2, -0.15) is 0 Å². The largest absolute Gasteiger partial charge is 0.450 e. The summed E-state index contributed by atoms with van der Waals surface area (Å²) in [6.07, 6.45) is 8.46. The fourth-order valence-electron chi connectivity index (χ4n) is 4.29. The number of sulfone groups is 1. The number of carbonyl (C=O) groups is 1. The number of likely N-dealkylation sites (tertiary alicyclic amines) is 1. The molecule has 0 N–H and O–H groups in total. The van der Waals surface area contributed by atoms with Crippen LogP contribution in [0.4, 0.5) is 4.79 Å². The summed E-state index contributed by atoms with van der Waals surface area (Å²) in [7, 11) is -4.45. The molecular weight excluding hydrogens is 480 g/mol. The van der Waals surface area contributed by atoms with Crippen molar-refractivity contribution in [1.82, 2.24) is 19.4 Å². The van der Waals surface area contributed by atoms with Gasteiger partial charge in [-0.15, -0.1) is 0 Å². The summed E-state index contributed by atoms with van der Waals surface area (Å²) in [6, 6.07) is 8.04. The first kappa shape index (κ1) is 25.4. The zero-order valence-electron chi connectivity index (χ0n) is 20.9. The van der Waals surface area contributed by atoms with Gasteiger partial charge in [-0.05, 0) is 54.6 Å². The van der Waals surface area contributed by atoms with E-state index in [9.17, 15) is 13.2 Å². The standard InChI is InChI=1S/C25H34N4O4SSi/c1-34(31,32)22-5-6-23-20(15-22)9-12-29(23)18-24-26-16-21(17-27-24)19-7-10-28(11-8-19)25(30)33-13-14-35(2,3)4/h5-6,9,12,15-17,19H,7-8,10-11,13-14,18H2,1-4H3. The highest BCUT2D eigenvalue weighted by molar-refractivity contribution is 7.90. The van der Waals surface area contributed by atoms with Gasteiger partial charge in [-0.25, -0.2) is 23.2 Å². The maximum Gasteiger partial charge on any atom is 0.409 e. The molecule has 0 atom stereocenters. The van der Waals surface area contributed by atoms with Crippen molar-refractivity contribution in [3.05, 3.63) is 54.2 Å². The van der Waals surface area contributed by atoms with Crippen LogP contribution >= 0.6 is 0 Å². The fourth-order valence-corrected chi connectivity index (χ4v) is 5.66. The highest BCUT2D eigenvalue weighted by Gasteiger charge is 2.25. The Morgan fingerprint density at radius 2 is 1.80 bits per heavy atom. The molecule has 1 aliphatic heterocycles. The van der Waals surface area contributed by atoms with Crippen LogP contribution in [0.25, 0.3) is 10.9 Å². The van der Waals surface area contributed by atoms with Crippen molar-refractivity contribution in [1.29, 1.82) is 0 Å². The Hall–Kier alpha value is -2.72. The summed E-state index contributed by atoms with van der Waals surface area (Å²) >= 11 is 0. The van der Waals surface area contributed by atoms with Gasteiger partial charge in [0, 0.05) is 56.9 Å². The molecule has 0 bridgehead atoms. The molecule has 0 unspecified atom stereocenters. The van der Waals surface area contributed by atoms with Crippen molar-refractivity contribution in [3.8, 4) is 0 Å². The van der Waals surface area contributed by atoms with Crippen LogP contribution in [0.15, 0.2) is 47.8 Å². The number of carbonyl (C=O) groups excluding carboxylic acids is 1. The fraction of sp³-hybridized carbons (Fsp3) is 0.480. The van der Waals surface area contributed by atoms with E-state index in [0.717, 1.165) is 35.4 Å². The molecule has 1 aromatic carbocycles. The summed E-state index contributed by atoms with van der Waals surface area (Å²) in [6.45, 7) is 9.21. The monoisotopic (exact) mass is 514 g/mol. The second-order valence-corrected chi connectivity index (χ2v) is 18.2. The van der Waals surface area contributed by atoms with Crippen LogP contribution in [-0.4, -0.2) is 68.0 Å². The predicted octanol–water partition coefficient (Wildman–Crippen LogP) is 4.54. The molecule has 35 heavy (non-hydrogen) atoms. The number of ether oxygens (including phenoxy) is 1. The first-order valence-corrected chi connectivity index (χ1v) is 17.6. The van der Waals surface area contributed by atoms with E-state index >= 15 is 0 Å². The van der Waals surface area contributed by atoms with E-state index in [0.29, 0.717) is 42.9 Å². The topological polar surface area (TPSA) is 94.4 Å². The Bertz CT molecular complexity index is 1290. The van der Waals surface area contributed by atoms with Crippen LogP contribution in [0, 0.1) is 0 Å². The number of nitrogens with zero attached hydrogens (tertiary/aromatic N) is 4. The summed E-state index contributed by atoms with van der Waals surface area (Å²) in [5, 5.41) is 0.871. The van der Waals surface area contributed by atoms with Crippen LogP contribution in [0.5, 0.6) is 0 Å². The van der Waals surface area contributed by atoms with Gasteiger partial charge in [0.1, 0.15) is 5.82 Å². The van der Waals surface area contributed by atoms with E-state index < -0.39 is 17.9 Å². The smallest absolute Gasteiger partial charge is 0.409 e. The molecule has 3 aromatic rings. The Labute approximate surface area is 208 Å².